The van der Waals surface area contributed by atoms with Gasteiger partial charge in [-0.15, -0.1) is 11.3 Å². The number of ether oxygens (including phenoxy) is 1. The minimum atomic E-state index is -1.34. The van der Waals surface area contributed by atoms with Gasteiger partial charge in [0.1, 0.15) is 5.00 Å². The maximum Gasteiger partial charge on any atom is 0.339 e. The fraction of sp³-hybridized carbons (Fsp3) is 0.429. The topological polar surface area (TPSA) is 75.6 Å². The van der Waals surface area contributed by atoms with Gasteiger partial charge in [0.2, 0.25) is 5.82 Å². The zero-order valence-electron chi connectivity index (χ0n) is 16.7. The standard InChI is InChI=1S/C21H23F2NO4S/c1-21(2,3)10-5-6-11-14(9-10)29-19(15(11)20(26)27)24-18(25)12-7-8-13(28-4)17(23)16(12)22/h7-8,10H,5-6,9H2,1-4H3,(H,24,25)(H,26,27). The van der Waals surface area contributed by atoms with Crippen molar-refractivity contribution < 1.29 is 28.2 Å². The van der Waals surface area contributed by atoms with Crippen molar-refractivity contribution in [3.05, 3.63) is 45.3 Å². The fourth-order valence-electron chi connectivity index (χ4n) is 3.67. The van der Waals surface area contributed by atoms with Crippen molar-refractivity contribution in [2.45, 2.75) is 40.0 Å². The Hall–Kier alpha value is -2.48. The van der Waals surface area contributed by atoms with Crippen molar-refractivity contribution in [1.82, 2.24) is 0 Å². The molecule has 0 saturated carbocycles. The maximum atomic E-state index is 14.2. The number of carbonyl (C=O) groups is 2. The summed E-state index contributed by atoms with van der Waals surface area (Å²) >= 11 is 1.20. The van der Waals surface area contributed by atoms with E-state index in [2.05, 4.69) is 26.1 Å². The lowest BCUT2D eigenvalue weighted by Crippen LogP contribution is -2.26. The lowest BCUT2D eigenvalue weighted by molar-refractivity contribution is 0.0696. The summed E-state index contributed by atoms with van der Waals surface area (Å²) in [6, 6.07) is 2.26. The first kappa shape index (κ1) is 21.2. The summed E-state index contributed by atoms with van der Waals surface area (Å²) < 4.78 is 32.9. The van der Waals surface area contributed by atoms with Crippen LogP contribution in [0.2, 0.25) is 0 Å². The molecule has 0 fully saturated rings. The molecule has 0 spiro atoms. The number of carbonyl (C=O) groups excluding carboxylic acids is 1. The second-order valence-corrected chi connectivity index (χ2v) is 9.32. The molecule has 3 rings (SSSR count). The normalized spacial score (nSPS) is 16.3. The summed E-state index contributed by atoms with van der Waals surface area (Å²) in [4.78, 5) is 25.3. The molecule has 29 heavy (non-hydrogen) atoms. The molecule has 5 nitrogen and oxygen atoms in total. The minimum absolute atomic E-state index is 0.0418. The van der Waals surface area contributed by atoms with Gasteiger partial charge in [0.15, 0.2) is 11.6 Å². The number of thiophene rings is 1. The number of hydrogen-bond donors (Lipinski definition) is 2. The number of carboxylic acids is 1. The number of methoxy groups -OCH3 is 1. The average Bonchev–Trinajstić information content (AvgIpc) is 3.00. The van der Waals surface area contributed by atoms with Crippen molar-refractivity contribution >= 4 is 28.2 Å². The predicted octanol–water partition coefficient (Wildman–Crippen LogP) is 5.14. The van der Waals surface area contributed by atoms with E-state index in [4.69, 9.17) is 4.74 Å². The van der Waals surface area contributed by atoms with Crippen LogP contribution in [0.15, 0.2) is 12.1 Å². The number of hydrogen-bond acceptors (Lipinski definition) is 4. The van der Waals surface area contributed by atoms with Crippen LogP contribution in [0.4, 0.5) is 13.8 Å². The highest BCUT2D eigenvalue weighted by atomic mass is 32.1. The highest BCUT2D eigenvalue weighted by Gasteiger charge is 2.34. The minimum Gasteiger partial charge on any atom is -0.494 e. The van der Waals surface area contributed by atoms with Gasteiger partial charge < -0.3 is 15.2 Å². The molecule has 1 heterocycles. The lowest BCUT2D eigenvalue weighted by Gasteiger charge is -2.33. The van der Waals surface area contributed by atoms with E-state index in [-0.39, 0.29) is 21.7 Å². The molecule has 1 atom stereocenters. The van der Waals surface area contributed by atoms with Crippen LogP contribution in [0.3, 0.4) is 0 Å². The molecular formula is C21H23F2NO4S. The Morgan fingerprint density at radius 2 is 1.93 bits per heavy atom. The molecule has 2 aromatic rings. The van der Waals surface area contributed by atoms with E-state index in [1.54, 1.807) is 0 Å². The van der Waals surface area contributed by atoms with Crippen LogP contribution in [0.25, 0.3) is 0 Å². The second-order valence-electron chi connectivity index (χ2n) is 8.22. The summed E-state index contributed by atoms with van der Waals surface area (Å²) in [5.41, 5.74) is 0.330. The summed E-state index contributed by atoms with van der Waals surface area (Å²) in [5.74, 6) is -4.58. The Morgan fingerprint density at radius 3 is 2.52 bits per heavy atom. The van der Waals surface area contributed by atoms with Gasteiger partial charge in [0.25, 0.3) is 5.91 Å². The van der Waals surface area contributed by atoms with Crippen LogP contribution in [-0.2, 0) is 12.8 Å². The third kappa shape index (κ3) is 3.99. The highest BCUT2D eigenvalue weighted by Crippen LogP contribution is 2.44. The molecule has 0 radical (unpaired) electrons. The molecule has 2 N–H and O–H groups in total. The van der Waals surface area contributed by atoms with E-state index in [0.29, 0.717) is 12.3 Å². The van der Waals surface area contributed by atoms with Crippen LogP contribution >= 0.6 is 11.3 Å². The number of fused-ring (bicyclic) bond motifs is 1. The zero-order valence-corrected chi connectivity index (χ0v) is 17.5. The lowest BCUT2D eigenvalue weighted by atomic mass is 9.72. The Bertz CT molecular complexity index is 978. The summed E-state index contributed by atoms with van der Waals surface area (Å²) in [7, 11) is 1.19. The van der Waals surface area contributed by atoms with E-state index in [0.717, 1.165) is 35.4 Å². The monoisotopic (exact) mass is 423 g/mol. The fourth-order valence-corrected chi connectivity index (χ4v) is 4.99. The van der Waals surface area contributed by atoms with E-state index in [1.165, 1.54) is 18.4 Å². The first-order chi connectivity index (χ1) is 13.5. The summed E-state index contributed by atoms with van der Waals surface area (Å²) in [5, 5.41) is 12.3. The molecule has 0 bridgehead atoms. The number of amides is 1. The van der Waals surface area contributed by atoms with E-state index in [1.807, 2.05) is 0 Å². The van der Waals surface area contributed by atoms with Gasteiger partial charge >= 0.3 is 5.97 Å². The Balaban J connectivity index is 1.94. The van der Waals surface area contributed by atoms with Gasteiger partial charge in [0.05, 0.1) is 18.2 Å². The second kappa shape index (κ2) is 7.74. The smallest absolute Gasteiger partial charge is 0.339 e. The molecule has 8 heteroatoms. The molecular weight excluding hydrogens is 400 g/mol. The summed E-state index contributed by atoms with van der Waals surface area (Å²) in [6.45, 7) is 6.45. The van der Waals surface area contributed by atoms with E-state index in [9.17, 15) is 23.5 Å². The van der Waals surface area contributed by atoms with Gasteiger partial charge in [-0.25, -0.2) is 9.18 Å². The van der Waals surface area contributed by atoms with Gasteiger partial charge in [-0.05, 0) is 48.3 Å². The van der Waals surface area contributed by atoms with Crippen LogP contribution in [0.1, 0.15) is 58.3 Å². The third-order valence-corrected chi connectivity index (χ3v) is 6.61. The molecule has 1 unspecified atom stereocenters. The van der Waals surface area contributed by atoms with Gasteiger partial charge in [0, 0.05) is 4.88 Å². The number of benzene rings is 1. The zero-order chi connectivity index (χ0) is 21.5. The van der Waals surface area contributed by atoms with Gasteiger partial charge in [-0.3, -0.25) is 4.79 Å². The van der Waals surface area contributed by atoms with Crippen LogP contribution < -0.4 is 10.1 Å². The van der Waals surface area contributed by atoms with Crippen LogP contribution in [0, 0.1) is 23.0 Å². The Labute approximate surface area is 171 Å². The number of carboxylic acid groups (broad SMARTS) is 1. The van der Waals surface area contributed by atoms with Crippen molar-refractivity contribution in [1.29, 1.82) is 0 Å². The first-order valence-corrected chi connectivity index (χ1v) is 10.1. The molecule has 1 aromatic heterocycles. The molecule has 1 aliphatic rings. The largest absolute Gasteiger partial charge is 0.494 e. The van der Waals surface area contributed by atoms with Gasteiger partial charge in [-0.1, -0.05) is 20.8 Å². The number of anilines is 1. The number of nitrogens with one attached hydrogen (secondary N) is 1. The quantitative estimate of drug-likeness (QED) is 0.714. The molecule has 1 amide bonds. The average molecular weight is 423 g/mol. The maximum absolute atomic E-state index is 14.2. The SMILES string of the molecule is COc1ccc(C(=O)Nc2sc3c(c2C(=O)O)CCC(C(C)(C)C)C3)c(F)c1F. The molecule has 0 aliphatic heterocycles. The van der Waals surface area contributed by atoms with Crippen molar-refractivity contribution in [2.75, 3.05) is 12.4 Å². The van der Waals surface area contributed by atoms with Crippen molar-refractivity contribution in [3.63, 3.8) is 0 Å². The van der Waals surface area contributed by atoms with Crippen molar-refractivity contribution in [2.24, 2.45) is 11.3 Å². The third-order valence-electron chi connectivity index (χ3n) is 5.44. The van der Waals surface area contributed by atoms with E-state index >= 15 is 0 Å². The first-order valence-electron chi connectivity index (χ1n) is 9.25. The Morgan fingerprint density at radius 1 is 1.24 bits per heavy atom. The Kier molecular flexibility index (Phi) is 5.67. The number of halogens is 2. The van der Waals surface area contributed by atoms with Crippen LogP contribution in [0.5, 0.6) is 5.75 Å². The molecule has 0 saturated heterocycles. The predicted molar refractivity (Wildman–Crippen MR) is 107 cm³/mol. The molecule has 156 valence electrons. The number of aromatic carboxylic acids is 1. The summed E-state index contributed by atoms with van der Waals surface area (Å²) in [6.07, 6.45) is 2.20. The number of rotatable bonds is 4. The molecule has 1 aromatic carbocycles. The van der Waals surface area contributed by atoms with Gasteiger partial charge in [-0.2, -0.15) is 4.39 Å². The highest BCUT2D eigenvalue weighted by molar-refractivity contribution is 7.17. The molecule has 1 aliphatic carbocycles. The van der Waals surface area contributed by atoms with Crippen LogP contribution in [-0.4, -0.2) is 24.1 Å². The van der Waals surface area contributed by atoms with Crippen molar-refractivity contribution in [3.8, 4) is 5.75 Å². The van der Waals surface area contributed by atoms with E-state index < -0.39 is 29.1 Å².